The number of amides is 2. The molecular formula is C36H40FN9O2. The normalized spacial score (nSPS) is 24.6. The highest BCUT2D eigenvalue weighted by atomic mass is 19.1. The molecule has 11 nitrogen and oxygen atoms in total. The van der Waals surface area contributed by atoms with Crippen molar-refractivity contribution in [3.8, 4) is 11.5 Å². The second-order valence-corrected chi connectivity index (χ2v) is 14.2. The lowest BCUT2D eigenvalue weighted by atomic mass is 9.94. The second kappa shape index (κ2) is 11.3. The van der Waals surface area contributed by atoms with Crippen LogP contribution in [-0.4, -0.2) is 64.2 Å². The summed E-state index contributed by atoms with van der Waals surface area (Å²) in [7, 11) is 0. The van der Waals surface area contributed by atoms with E-state index < -0.39 is 5.82 Å². The molecule has 4 atom stereocenters. The van der Waals surface area contributed by atoms with Crippen LogP contribution >= 0.6 is 0 Å². The van der Waals surface area contributed by atoms with Gasteiger partial charge in [-0.05, 0) is 101 Å². The molecule has 48 heavy (non-hydrogen) atoms. The van der Waals surface area contributed by atoms with Crippen molar-refractivity contribution in [2.24, 2.45) is 11.7 Å². The average Bonchev–Trinajstić information content (AvgIpc) is 3.41. The lowest BCUT2D eigenvalue weighted by molar-refractivity contribution is 0.0603. The molecule has 0 spiro atoms. The fourth-order valence-corrected chi connectivity index (χ4v) is 8.33. The van der Waals surface area contributed by atoms with Gasteiger partial charge in [-0.3, -0.25) is 14.3 Å². The molecule has 4 bridgehead atoms. The van der Waals surface area contributed by atoms with E-state index in [1.807, 2.05) is 28.5 Å². The van der Waals surface area contributed by atoms with Crippen LogP contribution in [0.1, 0.15) is 96.9 Å². The number of carbonyl (C=O) groups excluding carboxylic acids is 2. The molecule has 4 aliphatic rings. The van der Waals surface area contributed by atoms with Crippen LogP contribution in [0.5, 0.6) is 0 Å². The zero-order chi connectivity index (χ0) is 32.7. The highest BCUT2D eigenvalue weighted by Crippen LogP contribution is 2.43. The van der Waals surface area contributed by atoms with Gasteiger partial charge in [0, 0.05) is 54.9 Å². The Hall–Kier alpha value is -4.58. The van der Waals surface area contributed by atoms with Gasteiger partial charge in [-0.1, -0.05) is 0 Å². The topological polar surface area (TPSA) is 129 Å². The van der Waals surface area contributed by atoms with Crippen molar-refractivity contribution in [2.45, 2.75) is 95.5 Å². The molecule has 3 fully saturated rings. The number of nitrogens with one attached hydrogen (secondary N) is 1. The number of halogens is 1. The van der Waals surface area contributed by atoms with Crippen molar-refractivity contribution in [2.75, 3.05) is 6.54 Å². The molecule has 0 unspecified atom stereocenters. The predicted octanol–water partition coefficient (Wildman–Crippen LogP) is 5.35. The number of aromatic nitrogens is 6. The number of nitrogens with zero attached hydrogens (tertiary/aromatic N) is 7. The number of hydrogen-bond acceptors (Lipinski definition) is 6. The number of hydrogen-bond donors (Lipinski definition) is 2. The number of likely N-dealkylation sites (tertiary alicyclic amines) is 1. The lowest BCUT2D eigenvalue weighted by Gasteiger charge is -2.37. The number of carbonyl (C=O) groups is 2. The van der Waals surface area contributed by atoms with Crippen molar-refractivity contribution in [3.05, 3.63) is 65.4 Å². The third-order valence-corrected chi connectivity index (χ3v) is 11.0. The Morgan fingerprint density at radius 1 is 0.979 bits per heavy atom. The van der Waals surface area contributed by atoms with Crippen molar-refractivity contribution in [1.82, 2.24) is 39.1 Å². The van der Waals surface area contributed by atoms with Gasteiger partial charge in [0.2, 0.25) is 0 Å². The Morgan fingerprint density at radius 3 is 2.67 bits per heavy atom. The number of aryl methyl sites for hydroxylation is 2. The smallest absolute Gasteiger partial charge is 0.270 e. The zero-order valence-corrected chi connectivity index (χ0v) is 27.1. The number of rotatable bonds is 3. The Labute approximate surface area is 277 Å². The number of benzene rings is 1. The molecule has 0 radical (unpaired) electrons. The molecule has 9 rings (SSSR count). The molecular weight excluding hydrogens is 609 g/mol. The second-order valence-electron chi connectivity index (χ2n) is 14.2. The fraction of sp³-hybridized carbons (Fsp3) is 0.472. The number of nitrogens with two attached hydrogens (primary N) is 1. The first-order chi connectivity index (χ1) is 23.3. The molecule has 2 aliphatic carbocycles. The fourth-order valence-electron chi connectivity index (χ4n) is 8.33. The van der Waals surface area contributed by atoms with E-state index in [4.69, 9.17) is 15.7 Å². The van der Waals surface area contributed by atoms with Gasteiger partial charge in [0.15, 0.2) is 5.82 Å². The molecule has 1 aromatic carbocycles. The van der Waals surface area contributed by atoms with Crippen LogP contribution in [-0.2, 0) is 13.1 Å². The van der Waals surface area contributed by atoms with E-state index in [1.165, 1.54) is 6.07 Å². The first-order valence-corrected chi connectivity index (χ1v) is 17.5. The molecule has 12 heteroatoms. The summed E-state index contributed by atoms with van der Waals surface area (Å²) in [6, 6.07) is 10.9. The minimum absolute atomic E-state index is 0.0388. The molecule has 3 N–H and O–H groups in total. The largest absolute Gasteiger partial charge is 0.343 e. The molecule has 1 saturated heterocycles. The van der Waals surface area contributed by atoms with Gasteiger partial charge in [-0.25, -0.2) is 14.4 Å². The number of pyridine rings is 1. The summed E-state index contributed by atoms with van der Waals surface area (Å²) < 4.78 is 22.2. The quantitative estimate of drug-likeness (QED) is 0.271. The van der Waals surface area contributed by atoms with Gasteiger partial charge in [0.25, 0.3) is 11.8 Å². The highest BCUT2D eigenvalue weighted by Gasteiger charge is 2.41. The Morgan fingerprint density at radius 2 is 1.81 bits per heavy atom. The summed E-state index contributed by atoms with van der Waals surface area (Å²) in [6.45, 7) is 3.81. The SMILES string of the molecule is C[C@H]1NC(=O)c2ccnn2CCCCCn2c(-c3nc4cc(C(=O)N5C[C@H](N)[C@@H]6CC[C@H]5C6)cc(F)c4n3C3CC3)cc3ccc1nc32. The minimum Gasteiger partial charge on any atom is -0.343 e. The van der Waals surface area contributed by atoms with Crippen LogP contribution in [0.3, 0.4) is 0 Å². The summed E-state index contributed by atoms with van der Waals surface area (Å²) in [5, 5.41) is 8.44. The third-order valence-electron chi connectivity index (χ3n) is 11.0. The average molecular weight is 650 g/mol. The number of imidazole rings is 1. The predicted molar refractivity (Wildman–Crippen MR) is 179 cm³/mol. The number of fused-ring (bicyclic) bond motifs is 5. The Balaban J connectivity index is 1.13. The monoisotopic (exact) mass is 649 g/mol. The molecule has 6 heterocycles. The van der Waals surface area contributed by atoms with E-state index in [9.17, 15) is 9.59 Å². The van der Waals surface area contributed by atoms with E-state index in [-0.39, 0.29) is 36.0 Å². The van der Waals surface area contributed by atoms with Gasteiger partial charge < -0.3 is 25.1 Å². The van der Waals surface area contributed by atoms with Crippen LogP contribution in [0.25, 0.3) is 33.6 Å². The van der Waals surface area contributed by atoms with Crippen molar-refractivity contribution >= 4 is 33.9 Å². The molecule has 4 aromatic heterocycles. The summed E-state index contributed by atoms with van der Waals surface area (Å²) in [4.78, 5) is 39.0. The van der Waals surface area contributed by atoms with E-state index in [0.717, 1.165) is 73.8 Å². The first kappa shape index (κ1) is 29.6. The standard InChI is InChI=1S/C36H40FN9O2/c1-20-28-10-6-22-18-31(43(33(22)41-28)13-3-2-4-14-45-30(11-12-39-45)35(47)40-20)34-42-29-17-23(16-26(37)32(29)46(34)24-8-9-24)36(48)44-19-27(38)21-5-7-25(44)15-21/h6,10-12,16-18,20-21,24-25,27H,2-5,7-9,13-15,19,38H2,1H3,(H,40,47)/t20-,21-,25+,27+/m1/s1. The van der Waals surface area contributed by atoms with Crippen molar-refractivity contribution < 1.29 is 14.0 Å². The molecule has 248 valence electrons. The summed E-state index contributed by atoms with van der Waals surface area (Å²) >= 11 is 0. The van der Waals surface area contributed by atoms with Gasteiger partial charge in [0.05, 0.1) is 22.9 Å². The van der Waals surface area contributed by atoms with Crippen LogP contribution in [0.4, 0.5) is 4.39 Å². The maximum Gasteiger partial charge on any atom is 0.270 e. The zero-order valence-electron chi connectivity index (χ0n) is 27.1. The van der Waals surface area contributed by atoms with Crippen LogP contribution in [0.2, 0.25) is 0 Å². The molecule has 2 saturated carbocycles. The minimum atomic E-state index is -0.424. The maximum atomic E-state index is 16.2. The number of piperidine rings is 1. The third kappa shape index (κ3) is 4.83. The van der Waals surface area contributed by atoms with Gasteiger partial charge in [0.1, 0.15) is 22.7 Å². The van der Waals surface area contributed by atoms with Crippen LogP contribution in [0.15, 0.2) is 42.6 Å². The van der Waals surface area contributed by atoms with Crippen molar-refractivity contribution in [3.63, 3.8) is 0 Å². The highest BCUT2D eigenvalue weighted by molar-refractivity contribution is 5.99. The summed E-state index contributed by atoms with van der Waals surface area (Å²) in [5.41, 5.74) is 10.7. The van der Waals surface area contributed by atoms with Gasteiger partial charge in [-0.15, -0.1) is 0 Å². The van der Waals surface area contributed by atoms with E-state index in [2.05, 4.69) is 21.0 Å². The van der Waals surface area contributed by atoms with Gasteiger partial charge in [-0.2, -0.15) is 5.10 Å². The lowest BCUT2D eigenvalue weighted by Crippen LogP contribution is -2.51. The summed E-state index contributed by atoms with van der Waals surface area (Å²) in [6.07, 6.45) is 9.16. The first-order valence-electron chi connectivity index (χ1n) is 17.5. The van der Waals surface area contributed by atoms with Crippen LogP contribution < -0.4 is 11.1 Å². The van der Waals surface area contributed by atoms with Crippen molar-refractivity contribution in [1.29, 1.82) is 0 Å². The molecule has 2 amide bonds. The molecule has 5 aromatic rings. The van der Waals surface area contributed by atoms with E-state index in [0.29, 0.717) is 53.7 Å². The van der Waals surface area contributed by atoms with Crippen LogP contribution in [0, 0.1) is 11.7 Å². The Bertz CT molecular complexity index is 2090. The van der Waals surface area contributed by atoms with Gasteiger partial charge >= 0.3 is 0 Å². The Kier molecular flexibility index (Phi) is 6.93. The van der Waals surface area contributed by atoms with E-state index >= 15 is 4.39 Å². The summed E-state index contributed by atoms with van der Waals surface area (Å²) in [5.74, 6) is 0.394. The molecule has 2 aliphatic heterocycles. The van der Waals surface area contributed by atoms with E-state index in [1.54, 1.807) is 23.0 Å². The maximum absolute atomic E-state index is 16.2.